The van der Waals surface area contributed by atoms with Gasteiger partial charge in [0.1, 0.15) is 11.2 Å². The first kappa shape index (κ1) is 23.5. The Morgan fingerprint density at radius 1 is 1.22 bits per heavy atom. The van der Waals surface area contributed by atoms with Crippen LogP contribution in [-0.4, -0.2) is 64.2 Å². The second kappa shape index (κ2) is 9.95. The fourth-order valence-electron chi connectivity index (χ4n) is 3.49. The second-order valence-electron chi connectivity index (χ2n) is 8.41. The Hall–Kier alpha value is -3.20. The number of rotatable bonds is 9. The molecule has 2 N–H and O–H groups in total. The smallest absolute Gasteiger partial charge is 0.272 e. The molecule has 0 spiro atoms. The van der Waals surface area contributed by atoms with Crippen molar-refractivity contribution in [2.45, 2.75) is 51.9 Å². The highest BCUT2D eigenvalue weighted by atomic mass is 16.5. The first-order valence-electron chi connectivity index (χ1n) is 10.8. The van der Waals surface area contributed by atoms with Crippen LogP contribution in [0.15, 0.2) is 36.4 Å². The van der Waals surface area contributed by atoms with Gasteiger partial charge in [0, 0.05) is 32.8 Å². The predicted molar refractivity (Wildman–Crippen MR) is 119 cm³/mol. The highest BCUT2D eigenvalue weighted by molar-refractivity contribution is 6.01. The van der Waals surface area contributed by atoms with Crippen molar-refractivity contribution in [1.82, 2.24) is 25.3 Å². The van der Waals surface area contributed by atoms with Gasteiger partial charge in [0.05, 0.1) is 12.6 Å². The number of carbonyl (C=O) groups excluding carboxylic acids is 3. The number of likely N-dealkylation sites (N-methyl/N-ethyl adjacent to an activating group) is 1. The average molecular weight is 442 g/mol. The number of ether oxygens (including phenoxy) is 1. The minimum absolute atomic E-state index is 0.146. The molecule has 9 nitrogen and oxygen atoms in total. The van der Waals surface area contributed by atoms with Crippen molar-refractivity contribution in [3.63, 3.8) is 0 Å². The van der Waals surface area contributed by atoms with E-state index in [1.807, 2.05) is 44.2 Å². The van der Waals surface area contributed by atoms with Crippen LogP contribution in [0.5, 0.6) is 0 Å². The summed E-state index contributed by atoms with van der Waals surface area (Å²) < 4.78 is 6.90. The van der Waals surface area contributed by atoms with Crippen molar-refractivity contribution in [1.29, 1.82) is 0 Å². The molecule has 0 unspecified atom stereocenters. The second-order valence-corrected chi connectivity index (χ2v) is 8.41. The summed E-state index contributed by atoms with van der Waals surface area (Å²) in [5, 5.41) is 10.00. The van der Waals surface area contributed by atoms with E-state index in [9.17, 15) is 14.4 Å². The zero-order chi connectivity index (χ0) is 23.3. The molecule has 2 aromatic rings. The number of hydrogen-bond donors (Lipinski definition) is 2. The normalized spacial score (nSPS) is 17.9. The number of carbonyl (C=O) groups is 3. The molecular formula is C23H31N5O4. The molecule has 3 rings (SSSR count). The topological polar surface area (TPSA) is 106 Å². The van der Waals surface area contributed by atoms with E-state index in [1.54, 1.807) is 14.0 Å². The van der Waals surface area contributed by atoms with Crippen LogP contribution in [0.1, 0.15) is 53.7 Å². The number of hydrogen-bond acceptors (Lipinski definition) is 5. The molecule has 0 bridgehead atoms. The van der Waals surface area contributed by atoms with Gasteiger partial charge in [0.15, 0.2) is 5.69 Å². The van der Waals surface area contributed by atoms with Crippen LogP contribution in [0.4, 0.5) is 0 Å². The van der Waals surface area contributed by atoms with E-state index in [0.717, 1.165) is 5.56 Å². The highest BCUT2D eigenvalue weighted by Gasteiger charge is 2.46. The Kier molecular flexibility index (Phi) is 7.29. The molecule has 0 fully saturated rings. The molecule has 1 aromatic heterocycles. The van der Waals surface area contributed by atoms with E-state index in [0.29, 0.717) is 26.1 Å². The van der Waals surface area contributed by atoms with Crippen LogP contribution in [0.2, 0.25) is 0 Å². The molecule has 0 radical (unpaired) electrons. The van der Waals surface area contributed by atoms with Gasteiger partial charge in [0.2, 0.25) is 5.91 Å². The monoisotopic (exact) mass is 441 g/mol. The van der Waals surface area contributed by atoms with Gasteiger partial charge in [-0.2, -0.15) is 5.10 Å². The van der Waals surface area contributed by atoms with E-state index in [4.69, 9.17) is 4.74 Å². The third-order valence-corrected chi connectivity index (χ3v) is 5.58. The third kappa shape index (κ3) is 5.16. The molecule has 1 aliphatic heterocycles. The van der Waals surface area contributed by atoms with E-state index >= 15 is 0 Å². The highest BCUT2D eigenvalue weighted by Crippen LogP contribution is 2.26. The summed E-state index contributed by atoms with van der Waals surface area (Å²) in [6.07, 6.45) is 0.825. The lowest BCUT2D eigenvalue weighted by Crippen LogP contribution is -2.62. The van der Waals surface area contributed by atoms with Crippen LogP contribution in [-0.2, 0) is 22.6 Å². The van der Waals surface area contributed by atoms with Crippen LogP contribution in [0, 0.1) is 0 Å². The SMILES string of the molecule is CC(C)OCCCNC(=O)c1cc2n(n1)C[C@@](C)(C(=O)NCc1ccccc1)N(C)C2=O. The maximum absolute atomic E-state index is 13.0. The van der Waals surface area contributed by atoms with Crippen molar-refractivity contribution in [3.05, 3.63) is 53.3 Å². The van der Waals surface area contributed by atoms with Gasteiger partial charge in [-0.15, -0.1) is 0 Å². The number of nitrogens with one attached hydrogen (secondary N) is 2. The quantitative estimate of drug-likeness (QED) is 0.575. The lowest BCUT2D eigenvalue weighted by molar-refractivity contribution is -0.132. The Morgan fingerprint density at radius 3 is 2.62 bits per heavy atom. The van der Waals surface area contributed by atoms with Gasteiger partial charge in [-0.25, -0.2) is 0 Å². The summed E-state index contributed by atoms with van der Waals surface area (Å²) in [5.41, 5.74) is 0.272. The minimum atomic E-state index is -1.13. The van der Waals surface area contributed by atoms with Gasteiger partial charge in [0.25, 0.3) is 11.8 Å². The lowest BCUT2D eigenvalue weighted by atomic mass is 9.96. The molecular weight excluding hydrogens is 410 g/mol. The largest absolute Gasteiger partial charge is 0.379 e. The van der Waals surface area contributed by atoms with Crippen molar-refractivity contribution < 1.29 is 19.1 Å². The van der Waals surface area contributed by atoms with E-state index < -0.39 is 5.54 Å². The van der Waals surface area contributed by atoms with E-state index in [1.165, 1.54) is 15.6 Å². The van der Waals surface area contributed by atoms with Gasteiger partial charge >= 0.3 is 0 Å². The minimum Gasteiger partial charge on any atom is -0.379 e. The van der Waals surface area contributed by atoms with Crippen molar-refractivity contribution in [3.8, 4) is 0 Å². The number of aromatic nitrogens is 2. The maximum Gasteiger partial charge on any atom is 0.272 e. The molecule has 3 amide bonds. The average Bonchev–Trinajstić information content (AvgIpc) is 3.20. The number of amides is 3. The summed E-state index contributed by atoms with van der Waals surface area (Å²) in [4.78, 5) is 39.8. The van der Waals surface area contributed by atoms with Crippen LogP contribution < -0.4 is 10.6 Å². The number of fused-ring (bicyclic) bond motifs is 1. The Balaban J connectivity index is 1.65. The van der Waals surface area contributed by atoms with Crippen LogP contribution in [0.25, 0.3) is 0 Å². The molecule has 1 aliphatic rings. The van der Waals surface area contributed by atoms with Crippen LogP contribution in [0.3, 0.4) is 0 Å². The van der Waals surface area contributed by atoms with E-state index in [-0.39, 0.29) is 41.8 Å². The van der Waals surface area contributed by atoms with Gasteiger partial charge in [-0.05, 0) is 32.8 Å². The Labute approximate surface area is 188 Å². The fourth-order valence-corrected chi connectivity index (χ4v) is 3.49. The summed E-state index contributed by atoms with van der Waals surface area (Å²) in [6, 6.07) is 11.0. The first-order chi connectivity index (χ1) is 15.2. The fraction of sp³-hybridized carbons (Fsp3) is 0.478. The molecule has 0 aliphatic carbocycles. The van der Waals surface area contributed by atoms with Crippen molar-refractivity contribution in [2.75, 3.05) is 20.2 Å². The zero-order valence-electron chi connectivity index (χ0n) is 19.1. The molecule has 32 heavy (non-hydrogen) atoms. The first-order valence-corrected chi connectivity index (χ1v) is 10.8. The number of nitrogens with zero attached hydrogens (tertiary/aromatic N) is 3. The van der Waals surface area contributed by atoms with Crippen molar-refractivity contribution >= 4 is 17.7 Å². The Bertz CT molecular complexity index is 972. The zero-order valence-corrected chi connectivity index (χ0v) is 19.1. The summed E-state index contributed by atoms with van der Waals surface area (Å²) in [5.74, 6) is -0.998. The van der Waals surface area contributed by atoms with Gasteiger partial charge in [-0.1, -0.05) is 30.3 Å². The molecule has 172 valence electrons. The summed E-state index contributed by atoms with van der Waals surface area (Å²) >= 11 is 0. The molecule has 0 saturated heterocycles. The lowest BCUT2D eigenvalue weighted by Gasteiger charge is -2.40. The molecule has 9 heteroatoms. The summed E-state index contributed by atoms with van der Waals surface area (Å²) in [6.45, 7) is 7.12. The Morgan fingerprint density at radius 2 is 1.94 bits per heavy atom. The van der Waals surface area contributed by atoms with E-state index in [2.05, 4.69) is 15.7 Å². The molecule has 1 aromatic carbocycles. The van der Waals surface area contributed by atoms with Gasteiger partial charge < -0.3 is 20.3 Å². The molecule has 2 heterocycles. The van der Waals surface area contributed by atoms with Crippen molar-refractivity contribution in [2.24, 2.45) is 0 Å². The molecule has 0 saturated carbocycles. The summed E-state index contributed by atoms with van der Waals surface area (Å²) in [7, 11) is 1.59. The maximum atomic E-state index is 13.0. The van der Waals surface area contributed by atoms with Crippen LogP contribution >= 0.6 is 0 Å². The third-order valence-electron chi connectivity index (χ3n) is 5.58. The van der Waals surface area contributed by atoms with Gasteiger partial charge in [-0.3, -0.25) is 19.1 Å². The standard InChI is InChI=1S/C23H31N5O4/c1-16(2)32-12-8-11-24-20(29)18-13-19-21(30)27(4)23(3,15-28(19)26-18)22(31)25-14-17-9-6-5-7-10-17/h5-7,9-10,13,16H,8,11-12,14-15H2,1-4H3,(H,24,29)(H,25,31)/t23-/m0/s1. The molecule has 1 atom stereocenters. The predicted octanol–water partition coefficient (Wildman–Crippen LogP) is 1.59. The number of benzene rings is 1.